The summed E-state index contributed by atoms with van der Waals surface area (Å²) in [6, 6.07) is 8.75. The Labute approximate surface area is 184 Å². The molecule has 10 heteroatoms. The van der Waals surface area contributed by atoms with Gasteiger partial charge in [-0.2, -0.15) is 0 Å². The van der Waals surface area contributed by atoms with E-state index in [1.807, 2.05) is 6.07 Å². The van der Waals surface area contributed by atoms with Crippen LogP contribution in [0.4, 0.5) is 0 Å². The molecule has 1 aromatic rings. The summed E-state index contributed by atoms with van der Waals surface area (Å²) >= 11 is 0. The van der Waals surface area contributed by atoms with Gasteiger partial charge in [0, 0.05) is 18.4 Å². The van der Waals surface area contributed by atoms with Crippen LogP contribution in [0.15, 0.2) is 35.3 Å². The van der Waals surface area contributed by atoms with Crippen LogP contribution < -0.4 is 0 Å². The van der Waals surface area contributed by atoms with Crippen molar-refractivity contribution >= 4 is 29.8 Å². The topological polar surface area (TPSA) is 121 Å². The van der Waals surface area contributed by atoms with Crippen LogP contribution in [-0.2, 0) is 33.4 Å². The molecule has 0 saturated carbocycles. The van der Waals surface area contributed by atoms with Gasteiger partial charge in [0.15, 0.2) is 5.79 Å². The number of hydrogen-bond acceptors (Lipinski definition) is 9. The zero-order chi connectivity index (χ0) is 22.9. The molecular formula is C22H24N2O8. The Balaban J connectivity index is 1.38. The molecular weight excluding hydrogens is 420 g/mol. The fraction of sp³-hybridized carbons (Fsp3) is 0.500. The van der Waals surface area contributed by atoms with E-state index in [1.54, 1.807) is 38.1 Å². The molecule has 3 heterocycles. The predicted octanol–water partition coefficient (Wildman–Crippen LogP) is 1.22. The molecule has 1 aromatic carbocycles. The first-order valence-corrected chi connectivity index (χ1v) is 10.4. The number of hydrogen-bond donors (Lipinski definition) is 0. The minimum absolute atomic E-state index is 0.0175. The smallest absolute Gasteiger partial charge is 0.335 e. The lowest BCUT2D eigenvalue weighted by atomic mass is 10.1. The number of fused-ring (bicyclic) bond motifs is 1. The third-order valence-corrected chi connectivity index (χ3v) is 5.36. The molecule has 0 spiro atoms. The molecule has 3 fully saturated rings. The second-order valence-electron chi connectivity index (χ2n) is 8.25. The zero-order valence-corrected chi connectivity index (χ0v) is 17.8. The standard InChI is InChI=1S/C22H24N2O8/c1-22(2)30-20-15(10-19(28)32-24-17(26)8-9-18(24)27)29-16(21(20)31-22)12-23-11-14(25)13-6-4-3-5-7-13/h3-7,11,15-16,20-21H,8-10,12H2,1-2H3/t15-,16+,20-,21+/m0/s1. The monoisotopic (exact) mass is 444 g/mol. The van der Waals surface area contributed by atoms with E-state index in [0.29, 0.717) is 10.6 Å². The molecule has 0 bridgehead atoms. The Morgan fingerprint density at radius 2 is 1.72 bits per heavy atom. The van der Waals surface area contributed by atoms with E-state index in [-0.39, 0.29) is 31.6 Å². The molecule has 170 valence electrons. The molecule has 3 aliphatic heterocycles. The lowest BCUT2D eigenvalue weighted by molar-refractivity contribution is -0.204. The molecule has 32 heavy (non-hydrogen) atoms. The Bertz CT molecular complexity index is 929. The van der Waals surface area contributed by atoms with Gasteiger partial charge in [-0.3, -0.25) is 19.4 Å². The molecule has 3 aliphatic rings. The van der Waals surface area contributed by atoms with Gasteiger partial charge >= 0.3 is 5.97 Å². The van der Waals surface area contributed by atoms with Crippen LogP contribution in [0.3, 0.4) is 0 Å². The summed E-state index contributed by atoms with van der Waals surface area (Å²) in [5.41, 5.74) is 0.523. The quantitative estimate of drug-likeness (QED) is 0.350. The minimum Gasteiger partial charge on any atom is -0.367 e. The third kappa shape index (κ3) is 4.77. The highest BCUT2D eigenvalue weighted by Gasteiger charge is 2.55. The number of ether oxygens (including phenoxy) is 3. The number of imide groups is 1. The highest BCUT2D eigenvalue weighted by molar-refractivity contribution is 6.35. The Kier molecular flexibility index (Phi) is 6.18. The van der Waals surface area contributed by atoms with Crippen LogP contribution in [0.1, 0.15) is 43.5 Å². The molecule has 0 N–H and O–H groups in total. The average molecular weight is 444 g/mol. The summed E-state index contributed by atoms with van der Waals surface area (Å²) in [5.74, 6) is -3.00. The molecule has 4 atom stereocenters. The number of amides is 2. The van der Waals surface area contributed by atoms with Crippen molar-refractivity contribution in [2.45, 2.75) is 63.3 Å². The van der Waals surface area contributed by atoms with Crippen LogP contribution in [0, 0.1) is 0 Å². The van der Waals surface area contributed by atoms with Gasteiger partial charge in [0.2, 0.25) is 5.78 Å². The van der Waals surface area contributed by atoms with Crippen molar-refractivity contribution in [3.8, 4) is 0 Å². The number of rotatable bonds is 7. The second-order valence-corrected chi connectivity index (χ2v) is 8.25. The van der Waals surface area contributed by atoms with Crippen molar-refractivity contribution in [2.24, 2.45) is 4.99 Å². The van der Waals surface area contributed by atoms with Crippen LogP contribution >= 0.6 is 0 Å². The average Bonchev–Trinajstić information content (AvgIpc) is 3.35. The first-order valence-electron chi connectivity index (χ1n) is 10.4. The molecule has 0 aromatic heterocycles. The van der Waals surface area contributed by atoms with Gasteiger partial charge in [0.05, 0.1) is 25.3 Å². The summed E-state index contributed by atoms with van der Waals surface area (Å²) in [6.45, 7) is 3.64. The largest absolute Gasteiger partial charge is 0.367 e. The van der Waals surface area contributed by atoms with Gasteiger partial charge in [-0.25, -0.2) is 4.79 Å². The molecule has 0 aliphatic carbocycles. The number of nitrogens with zero attached hydrogens (tertiary/aromatic N) is 2. The van der Waals surface area contributed by atoms with Crippen LogP contribution in [-0.4, -0.2) is 71.6 Å². The molecule has 10 nitrogen and oxygen atoms in total. The Hall–Kier alpha value is -2.95. The van der Waals surface area contributed by atoms with E-state index in [9.17, 15) is 19.2 Å². The van der Waals surface area contributed by atoms with Gasteiger partial charge in [0.1, 0.15) is 18.3 Å². The fourth-order valence-electron chi connectivity index (χ4n) is 3.96. The summed E-state index contributed by atoms with van der Waals surface area (Å²) in [7, 11) is 0. The Morgan fingerprint density at radius 3 is 2.38 bits per heavy atom. The van der Waals surface area contributed by atoms with Crippen molar-refractivity contribution in [2.75, 3.05) is 6.54 Å². The number of aliphatic imine (C=N–C) groups is 1. The summed E-state index contributed by atoms with van der Waals surface area (Å²) in [6.07, 6.45) is -1.29. The first-order chi connectivity index (χ1) is 15.2. The number of carbonyl (C=O) groups excluding carboxylic acids is 4. The summed E-state index contributed by atoms with van der Waals surface area (Å²) in [4.78, 5) is 57.0. The fourth-order valence-corrected chi connectivity index (χ4v) is 3.96. The highest BCUT2D eigenvalue weighted by Crippen LogP contribution is 2.40. The predicted molar refractivity (Wildman–Crippen MR) is 108 cm³/mol. The van der Waals surface area contributed by atoms with Gasteiger partial charge in [-0.05, 0) is 13.8 Å². The van der Waals surface area contributed by atoms with Crippen molar-refractivity contribution in [3.63, 3.8) is 0 Å². The number of benzene rings is 1. The number of Topliss-reactive ketones (excluding diaryl/α,β-unsaturated/α-hetero) is 1. The number of carbonyl (C=O) groups is 4. The van der Waals surface area contributed by atoms with Crippen molar-refractivity contribution in [3.05, 3.63) is 35.9 Å². The number of hydroxylamine groups is 2. The van der Waals surface area contributed by atoms with Gasteiger partial charge in [0.25, 0.3) is 11.8 Å². The van der Waals surface area contributed by atoms with Crippen LogP contribution in [0.2, 0.25) is 0 Å². The summed E-state index contributed by atoms with van der Waals surface area (Å²) < 4.78 is 17.8. The first kappa shape index (κ1) is 22.3. The molecule has 4 rings (SSSR count). The van der Waals surface area contributed by atoms with E-state index in [0.717, 1.165) is 0 Å². The van der Waals surface area contributed by atoms with E-state index in [4.69, 9.17) is 19.0 Å². The van der Waals surface area contributed by atoms with Crippen LogP contribution in [0.5, 0.6) is 0 Å². The SMILES string of the molecule is CC1(C)O[C@@H]2[C@H](O1)[C@@H](CN=CC(=O)c1ccccc1)O[C@H]2CC(=O)ON1C(=O)CCC1=O. The lowest BCUT2D eigenvalue weighted by Crippen LogP contribution is -2.36. The van der Waals surface area contributed by atoms with Gasteiger partial charge in [-0.1, -0.05) is 30.3 Å². The van der Waals surface area contributed by atoms with E-state index in [1.165, 1.54) is 6.21 Å². The maximum Gasteiger partial charge on any atom is 0.335 e. The van der Waals surface area contributed by atoms with E-state index in [2.05, 4.69) is 4.99 Å². The maximum atomic E-state index is 12.3. The number of ketones is 1. The van der Waals surface area contributed by atoms with Crippen molar-refractivity contribution in [1.29, 1.82) is 0 Å². The zero-order valence-electron chi connectivity index (χ0n) is 17.8. The molecule has 0 unspecified atom stereocenters. The van der Waals surface area contributed by atoms with E-state index < -0.39 is 48.0 Å². The van der Waals surface area contributed by atoms with Crippen LogP contribution in [0.25, 0.3) is 0 Å². The minimum atomic E-state index is -0.885. The van der Waals surface area contributed by atoms with Gasteiger partial charge in [-0.15, -0.1) is 5.06 Å². The third-order valence-electron chi connectivity index (χ3n) is 5.36. The van der Waals surface area contributed by atoms with Crippen molar-refractivity contribution < 1.29 is 38.2 Å². The molecule has 0 radical (unpaired) electrons. The summed E-state index contributed by atoms with van der Waals surface area (Å²) in [5, 5.41) is 0.502. The normalized spacial score (nSPS) is 29.0. The maximum absolute atomic E-state index is 12.3. The van der Waals surface area contributed by atoms with Crippen molar-refractivity contribution in [1.82, 2.24) is 5.06 Å². The van der Waals surface area contributed by atoms with E-state index >= 15 is 0 Å². The second kappa shape index (κ2) is 8.89. The molecule has 2 amide bonds. The van der Waals surface area contributed by atoms with Gasteiger partial charge < -0.3 is 19.0 Å². The molecule has 3 saturated heterocycles. The highest BCUT2D eigenvalue weighted by atomic mass is 16.8. The Morgan fingerprint density at radius 1 is 1.09 bits per heavy atom. The lowest BCUT2D eigenvalue weighted by Gasteiger charge is -2.23.